The Bertz CT molecular complexity index is 689. The quantitative estimate of drug-likeness (QED) is 0.692. The van der Waals surface area contributed by atoms with Crippen molar-refractivity contribution >= 4 is 30.3 Å². The Morgan fingerprint density at radius 3 is 2.95 bits per heavy atom. The van der Waals surface area contributed by atoms with Gasteiger partial charge in [0.1, 0.15) is 0 Å². The number of hydrogen-bond donors (Lipinski definition) is 1. The number of hydrogen-bond acceptors (Lipinski definition) is 5. The third-order valence-corrected chi connectivity index (χ3v) is 4.37. The van der Waals surface area contributed by atoms with Gasteiger partial charge in [-0.15, -0.1) is 0 Å². The molecule has 106 valence electrons. The molecule has 0 atom stereocenters. The lowest BCUT2D eigenvalue weighted by Gasteiger charge is -2.08. The van der Waals surface area contributed by atoms with Gasteiger partial charge in [-0.05, 0) is 35.3 Å². The summed E-state index contributed by atoms with van der Waals surface area (Å²) in [7, 11) is 0.503. The molecule has 1 aliphatic rings. The highest BCUT2D eigenvalue weighted by atomic mass is 32.2. The lowest BCUT2D eigenvalue weighted by molar-refractivity contribution is 0.0597. The minimum atomic E-state index is -0.864. The summed E-state index contributed by atoms with van der Waals surface area (Å²) in [5.41, 5.74) is 2.31. The van der Waals surface area contributed by atoms with Crippen LogP contribution in [0.25, 0.3) is 0 Å². The van der Waals surface area contributed by atoms with Crippen LogP contribution in [0.5, 0.6) is 0 Å². The molecule has 4 nitrogen and oxygen atoms in total. The summed E-state index contributed by atoms with van der Waals surface area (Å²) in [5.74, 6) is -0.359. The van der Waals surface area contributed by atoms with Crippen molar-refractivity contribution in [3.8, 4) is 0 Å². The summed E-state index contributed by atoms with van der Waals surface area (Å²) in [5, 5.41) is 9.75. The number of carbonyl (C=O) groups excluding carboxylic acids is 1. The highest BCUT2D eigenvalue weighted by Gasteiger charge is 2.27. The number of benzene rings is 2. The molecule has 2 aromatic rings. The van der Waals surface area contributed by atoms with Crippen molar-refractivity contribution in [2.24, 2.45) is 0 Å². The largest absolute Gasteiger partial charge is 0.491 e. The molecule has 6 heteroatoms. The second-order valence-corrected chi connectivity index (χ2v) is 5.73. The van der Waals surface area contributed by atoms with Crippen molar-refractivity contribution in [2.75, 3.05) is 7.11 Å². The molecule has 0 radical (unpaired) electrons. The van der Waals surface area contributed by atoms with E-state index in [-0.39, 0.29) is 5.97 Å². The molecule has 3 rings (SSSR count). The second kappa shape index (κ2) is 5.93. The molecule has 0 saturated carbocycles. The van der Waals surface area contributed by atoms with Gasteiger partial charge in [-0.1, -0.05) is 30.0 Å². The van der Waals surface area contributed by atoms with Crippen molar-refractivity contribution in [2.45, 2.75) is 16.4 Å². The van der Waals surface area contributed by atoms with Crippen LogP contribution in [-0.4, -0.2) is 25.2 Å². The standard InChI is InChI=1S/C15H13BO4S/c1-19-15(17)12-4-2-3-5-14(12)21-11-7-6-10-9-20-16(18)13(10)8-11/h2-8,18H,9H2,1H3. The van der Waals surface area contributed by atoms with Gasteiger partial charge in [0.25, 0.3) is 0 Å². The van der Waals surface area contributed by atoms with E-state index in [2.05, 4.69) is 0 Å². The molecule has 0 aromatic heterocycles. The minimum absolute atomic E-state index is 0.359. The molecule has 0 saturated heterocycles. The first kappa shape index (κ1) is 14.2. The van der Waals surface area contributed by atoms with E-state index in [0.717, 1.165) is 20.8 Å². The lowest BCUT2D eigenvalue weighted by Crippen LogP contribution is -2.27. The average molecular weight is 300 g/mol. The van der Waals surface area contributed by atoms with E-state index in [1.807, 2.05) is 30.3 Å². The van der Waals surface area contributed by atoms with Crippen LogP contribution in [0.1, 0.15) is 15.9 Å². The summed E-state index contributed by atoms with van der Waals surface area (Å²) < 4.78 is 9.97. The Morgan fingerprint density at radius 2 is 2.14 bits per heavy atom. The molecule has 1 aliphatic heterocycles. The first-order chi connectivity index (χ1) is 10.2. The Hall–Kier alpha value is -1.76. The zero-order valence-corrected chi connectivity index (χ0v) is 12.2. The summed E-state index contributed by atoms with van der Waals surface area (Å²) in [6, 6.07) is 13.1. The van der Waals surface area contributed by atoms with Crippen LogP contribution in [0, 0.1) is 0 Å². The van der Waals surface area contributed by atoms with E-state index in [9.17, 15) is 9.82 Å². The zero-order chi connectivity index (χ0) is 14.8. The predicted octanol–water partition coefficient (Wildman–Crippen LogP) is 1.84. The first-order valence-corrected chi connectivity index (χ1v) is 7.28. The number of rotatable bonds is 3. The number of ether oxygens (including phenoxy) is 1. The van der Waals surface area contributed by atoms with E-state index in [1.54, 1.807) is 12.1 Å². The second-order valence-electron chi connectivity index (χ2n) is 4.61. The van der Waals surface area contributed by atoms with Crippen molar-refractivity contribution < 1.29 is 19.2 Å². The average Bonchev–Trinajstić information content (AvgIpc) is 2.88. The minimum Gasteiger partial charge on any atom is -0.465 e. The van der Waals surface area contributed by atoms with Gasteiger partial charge in [-0.25, -0.2) is 4.79 Å². The van der Waals surface area contributed by atoms with E-state index in [4.69, 9.17) is 9.39 Å². The van der Waals surface area contributed by atoms with Crippen LogP contribution in [0.2, 0.25) is 0 Å². The van der Waals surface area contributed by atoms with Crippen molar-refractivity contribution in [3.05, 3.63) is 53.6 Å². The van der Waals surface area contributed by atoms with Crippen molar-refractivity contribution in [1.82, 2.24) is 0 Å². The predicted molar refractivity (Wildman–Crippen MR) is 80.7 cm³/mol. The maximum Gasteiger partial charge on any atom is 0.491 e. The van der Waals surface area contributed by atoms with Gasteiger partial charge >= 0.3 is 13.1 Å². The van der Waals surface area contributed by atoms with Crippen LogP contribution in [-0.2, 0) is 16.0 Å². The van der Waals surface area contributed by atoms with Gasteiger partial charge in [-0.3, -0.25) is 0 Å². The number of fused-ring (bicyclic) bond motifs is 1. The zero-order valence-electron chi connectivity index (χ0n) is 11.4. The van der Waals surface area contributed by atoms with E-state index in [1.165, 1.54) is 18.9 Å². The molecule has 0 fully saturated rings. The van der Waals surface area contributed by atoms with Crippen LogP contribution in [0.3, 0.4) is 0 Å². The smallest absolute Gasteiger partial charge is 0.465 e. The van der Waals surface area contributed by atoms with E-state index in [0.29, 0.717) is 12.2 Å². The summed E-state index contributed by atoms with van der Waals surface area (Å²) in [6.45, 7) is 0.431. The molecule has 2 aromatic carbocycles. The third kappa shape index (κ3) is 2.83. The fourth-order valence-corrected chi connectivity index (χ4v) is 3.20. The number of esters is 1. The maximum absolute atomic E-state index is 11.8. The molecule has 0 bridgehead atoms. The molecule has 1 heterocycles. The third-order valence-electron chi connectivity index (χ3n) is 3.30. The van der Waals surface area contributed by atoms with Gasteiger partial charge in [0.2, 0.25) is 0 Å². The Labute approximate surface area is 127 Å². The molecule has 0 aliphatic carbocycles. The summed E-state index contributed by atoms with van der Waals surface area (Å²) in [6.07, 6.45) is 0. The first-order valence-electron chi connectivity index (χ1n) is 6.46. The Balaban J connectivity index is 1.91. The van der Waals surface area contributed by atoms with Gasteiger partial charge in [-0.2, -0.15) is 0 Å². The number of methoxy groups -OCH3 is 1. The Kier molecular flexibility index (Phi) is 4.01. The van der Waals surface area contributed by atoms with Crippen molar-refractivity contribution in [3.63, 3.8) is 0 Å². The van der Waals surface area contributed by atoms with Crippen LogP contribution >= 0.6 is 11.8 Å². The molecular weight excluding hydrogens is 287 g/mol. The topological polar surface area (TPSA) is 55.8 Å². The molecule has 1 N–H and O–H groups in total. The van der Waals surface area contributed by atoms with E-state index >= 15 is 0 Å². The van der Waals surface area contributed by atoms with Gasteiger partial charge in [0.15, 0.2) is 0 Å². The van der Waals surface area contributed by atoms with Gasteiger partial charge < -0.3 is 14.4 Å². The lowest BCUT2D eigenvalue weighted by atomic mass is 9.80. The molecule has 0 amide bonds. The summed E-state index contributed by atoms with van der Waals surface area (Å²) >= 11 is 1.46. The fourth-order valence-electron chi connectivity index (χ4n) is 2.22. The molecule has 0 spiro atoms. The van der Waals surface area contributed by atoms with Crippen LogP contribution in [0.15, 0.2) is 52.3 Å². The van der Waals surface area contributed by atoms with Gasteiger partial charge in [0, 0.05) is 9.79 Å². The normalized spacial score (nSPS) is 13.1. The van der Waals surface area contributed by atoms with Crippen LogP contribution < -0.4 is 5.46 Å². The van der Waals surface area contributed by atoms with Crippen molar-refractivity contribution in [1.29, 1.82) is 0 Å². The van der Waals surface area contributed by atoms with Gasteiger partial charge in [0.05, 0.1) is 19.3 Å². The number of carbonyl (C=O) groups is 1. The molecule has 0 unspecified atom stereocenters. The summed E-state index contributed by atoms with van der Waals surface area (Å²) in [4.78, 5) is 13.5. The van der Waals surface area contributed by atoms with E-state index < -0.39 is 7.12 Å². The molecular formula is C15H13BO4S. The fraction of sp³-hybridized carbons (Fsp3) is 0.133. The monoisotopic (exact) mass is 300 g/mol. The maximum atomic E-state index is 11.8. The SMILES string of the molecule is COC(=O)c1ccccc1Sc1ccc2c(c1)B(O)OC2. The molecule has 21 heavy (non-hydrogen) atoms. The highest BCUT2D eigenvalue weighted by Crippen LogP contribution is 2.31. The van der Waals surface area contributed by atoms with Crippen LogP contribution in [0.4, 0.5) is 0 Å². The Morgan fingerprint density at radius 1 is 1.33 bits per heavy atom. The highest BCUT2D eigenvalue weighted by molar-refractivity contribution is 7.99.